The largest absolute Gasteiger partial charge is 0.310 e. The van der Waals surface area contributed by atoms with E-state index in [9.17, 15) is 0 Å². The molecule has 0 N–H and O–H groups in total. The van der Waals surface area contributed by atoms with Gasteiger partial charge in [-0.3, -0.25) is 0 Å². The maximum absolute atomic E-state index is 2.55. The minimum absolute atomic E-state index is 0.0644. The third-order valence-electron chi connectivity index (χ3n) is 16.0. The molecule has 0 unspecified atom stereocenters. The van der Waals surface area contributed by atoms with Crippen molar-refractivity contribution in [1.82, 2.24) is 0 Å². The molecule has 0 spiro atoms. The number of aryl methyl sites for hydroxylation is 4. The van der Waals surface area contributed by atoms with Crippen LogP contribution in [0.2, 0.25) is 0 Å². The summed E-state index contributed by atoms with van der Waals surface area (Å²) in [6, 6.07) is 69.8. The average molecular weight is 929 g/mol. The number of benzene rings is 13. The molecule has 0 saturated carbocycles. The van der Waals surface area contributed by atoms with Crippen LogP contribution in [-0.4, -0.2) is 0 Å². The average Bonchev–Trinajstić information content (AvgIpc) is 3.36. The number of hydrogen-bond donors (Lipinski definition) is 0. The van der Waals surface area contributed by atoms with Crippen molar-refractivity contribution in [3.63, 3.8) is 0 Å². The molecule has 2 heteroatoms. The highest BCUT2D eigenvalue weighted by Gasteiger charge is 2.29. The molecule has 0 amide bonds. The van der Waals surface area contributed by atoms with Crippen molar-refractivity contribution < 1.29 is 0 Å². The molecular weight excluding hydrogens is 869 g/mol. The van der Waals surface area contributed by atoms with E-state index in [2.05, 4.69) is 261 Å². The summed E-state index contributed by atoms with van der Waals surface area (Å²) in [5.41, 5.74) is 14.5. The van der Waals surface area contributed by atoms with Gasteiger partial charge in [-0.1, -0.05) is 163 Å². The number of para-hydroxylation sites is 4. The molecule has 0 aliphatic carbocycles. The molecule has 0 fully saturated rings. The van der Waals surface area contributed by atoms with Crippen LogP contribution in [0.15, 0.2) is 182 Å². The number of anilines is 6. The predicted molar refractivity (Wildman–Crippen MR) is 315 cm³/mol. The Balaban J connectivity index is 1.33. The van der Waals surface area contributed by atoms with E-state index < -0.39 is 0 Å². The lowest BCUT2D eigenvalue weighted by Crippen LogP contribution is -2.13. The normalized spacial score (nSPS) is 12.6. The molecule has 13 rings (SSSR count). The lowest BCUT2D eigenvalue weighted by molar-refractivity contribution is 0.591. The van der Waals surface area contributed by atoms with E-state index in [1.54, 1.807) is 0 Å². The molecule has 0 aliphatic heterocycles. The number of hydrogen-bond acceptors (Lipinski definition) is 2. The summed E-state index contributed by atoms with van der Waals surface area (Å²) in [6.07, 6.45) is 0. The Hall–Kier alpha value is -7.94. The van der Waals surface area contributed by atoms with Gasteiger partial charge in [0.15, 0.2) is 0 Å². The van der Waals surface area contributed by atoms with Crippen LogP contribution in [0.3, 0.4) is 0 Å². The first-order chi connectivity index (χ1) is 34.7. The highest BCUT2D eigenvalue weighted by atomic mass is 15.2. The zero-order chi connectivity index (χ0) is 49.5. The molecule has 350 valence electrons. The fourth-order valence-corrected chi connectivity index (χ4v) is 12.3. The van der Waals surface area contributed by atoms with Crippen molar-refractivity contribution in [3.05, 3.63) is 215 Å². The van der Waals surface area contributed by atoms with Gasteiger partial charge < -0.3 is 9.80 Å². The van der Waals surface area contributed by atoms with Crippen molar-refractivity contribution in [2.45, 2.75) is 80.1 Å². The predicted octanol–water partition coefficient (Wildman–Crippen LogP) is 20.6. The number of fused-ring (bicyclic) bond motifs is 6. The smallest absolute Gasteiger partial charge is 0.0490 e. The van der Waals surface area contributed by atoms with E-state index in [4.69, 9.17) is 0 Å². The molecule has 13 aromatic carbocycles. The van der Waals surface area contributed by atoms with Gasteiger partial charge in [-0.25, -0.2) is 0 Å². The summed E-state index contributed by atoms with van der Waals surface area (Å²) in [5.74, 6) is 0. The minimum atomic E-state index is -0.0644. The van der Waals surface area contributed by atoms with Gasteiger partial charge in [-0.2, -0.15) is 0 Å². The lowest BCUT2D eigenvalue weighted by atomic mass is 9.78. The quantitative estimate of drug-likeness (QED) is 0.121. The van der Waals surface area contributed by atoms with Crippen molar-refractivity contribution in [2.24, 2.45) is 0 Å². The third-order valence-corrected chi connectivity index (χ3v) is 16.0. The molecular formula is C70H60N2. The van der Waals surface area contributed by atoms with E-state index in [-0.39, 0.29) is 10.8 Å². The fraction of sp³-hybridized carbons (Fsp3) is 0.171. The number of rotatable bonds is 6. The first kappa shape index (κ1) is 44.0. The zero-order valence-corrected chi connectivity index (χ0v) is 43.2. The Morgan fingerprint density at radius 1 is 0.264 bits per heavy atom. The Morgan fingerprint density at radius 2 is 0.556 bits per heavy atom. The molecule has 2 nitrogen and oxygen atoms in total. The first-order valence-corrected chi connectivity index (χ1v) is 25.8. The highest BCUT2D eigenvalue weighted by Crippen LogP contribution is 2.55. The van der Waals surface area contributed by atoms with E-state index in [1.807, 2.05) is 0 Å². The van der Waals surface area contributed by atoms with Gasteiger partial charge in [0.2, 0.25) is 0 Å². The molecule has 0 atom stereocenters. The monoisotopic (exact) mass is 928 g/mol. The van der Waals surface area contributed by atoms with Crippen LogP contribution in [0, 0.1) is 27.7 Å². The van der Waals surface area contributed by atoms with Gasteiger partial charge in [0, 0.05) is 34.1 Å². The SMILES string of the molecule is Cc1ccccc1N(c1cc2c3cc(C(C)(C)C)cc4cccc(c43)c3c4cc(N(c5ccccc5C)c5ccccc5C)cc5c6cc(C(C)(C)C)cc7cccc(c76)c(c(c1)c23)c54)c1ccccc1C. The summed E-state index contributed by atoms with van der Waals surface area (Å²) < 4.78 is 0. The summed E-state index contributed by atoms with van der Waals surface area (Å²) >= 11 is 0. The van der Waals surface area contributed by atoms with Gasteiger partial charge in [0.1, 0.15) is 0 Å². The van der Waals surface area contributed by atoms with Crippen LogP contribution in [0.25, 0.3) is 86.2 Å². The van der Waals surface area contributed by atoms with Gasteiger partial charge >= 0.3 is 0 Å². The molecule has 0 heterocycles. The maximum atomic E-state index is 2.55. The van der Waals surface area contributed by atoms with E-state index in [0.29, 0.717) is 0 Å². The summed E-state index contributed by atoms with van der Waals surface area (Å²) in [4.78, 5) is 5.06. The van der Waals surface area contributed by atoms with E-state index >= 15 is 0 Å². The second kappa shape index (κ2) is 15.8. The van der Waals surface area contributed by atoms with Crippen molar-refractivity contribution in [1.29, 1.82) is 0 Å². The molecule has 0 saturated heterocycles. The van der Waals surface area contributed by atoms with Crippen LogP contribution in [0.1, 0.15) is 74.9 Å². The van der Waals surface area contributed by atoms with Crippen LogP contribution >= 0.6 is 0 Å². The Bertz CT molecular complexity index is 3980. The van der Waals surface area contributed by atoms with E-state index in [0.717, 1.165) is 11.4 Å². The molecule has 13 aromatic rings. The molecule has 0 radical (unpaired) electrons. The maximum Gasteiger partial charge on any atom is 0.0490 e. The highest BCUT2D eigenvalue weighted by molar-refractivity contribution is 6.48. The molecule has 72 heavy (non-hydrogen) atoms. The Labute approximate surface area is 423 Å². The van der Waals surface area contributed by atoms with Crippen LogP contribution in [0.5, 0.6) is 0 Å². The lowest BCUT2D eigenvalue weighted by Gasteiger charge is -2.31. The number of nitrogens with zero attached hydrogens (tertiary/aromatic N) is 2. The fourth-order valence-electron chi connectivity index (χ4n) is 12.3. The molecule has 0 bridgehead atoms. The van der Waals surface area contributed by atoms with E-state index in [1.165, 1.54) is 142 Å². The zero-order valence-electron chi connectivity index (χ0n) is 43.2. The van der Waals surface area contributed by atoms with Crippen molar-refractivity contribution in [2.75, 3.05) is 9.80 Å². The van der Waals surface area contributed by atoms with Gasteiger partial charge in [0.05, 0.1) is 0 Å². The standard InChI is InChI=1S/C70H60N2/c1-41-21-11-15-29-59(41)71(60-30-16-12-22-42(60)2)49-37-55-53-35-47(69(5,6)7)33-45-25-20-28-52(63(45)53)66-58-40-50(72(61-31-17-13-23-43(61)3)62-32-18-14-24-44(62)4)38-56-54-36-48(70(8,9)10)34-46-26-19-27-51(64(46)54)65(68(56)58)57(39-49)67(55)66/h11-40H,1-10H3. The minimum Gasteiger partial charge on any atom is -0.310 e. The Kier molecular flexibility index (Phi) is 9.65. The van der Waals surface area contributed by atoms with Crippen LogP contribution in [-0.2, 0) is 10.8 Å². The summed E-state index contributed by atoms with van der Waals surface area (Å²) in [6.45, 7) is 23.1. The van der Waals surface area contributed by atoms with Crippen molar-refractivity contribution >= 4 is 120 Å². The van der Waals surface area contributed by atoms with Gasteiger partial charge in [-0.15, -0.1) is 0 Å². The molecule has 0 aromatic heterocycles. The second-order valence-electron chi connectivity index (χ2n) is 22.8. The van der Waals surface area contributed by atoms with Gasteiger partial charge in [0.25, 0.3) is 0 Å². The first-order valence-electron chi connectivity index (χ1n) is 25.8. The summed E-state index contributed by atoms with van der Waals surface area (Å²) in [5, 5.41) is 20.8. The topological polar surface area (TPSA) is 6.48 Å². The molecule has 0 aliphatic rings. The third kappa shape index (κ3) is 6.54. The van der Waals surface area contributed by atoms with Gasteiger partial charge in [-0.05, 0) is 219 Å². The van der Waals surface area contributed by atoms with Crippen LogP contribution in [0.4, 0.5) is 34.1 Å². The Morgan fingerprint density at radius 3 is 0.875 bits per heavy atom. The second-order valence-corrected chi connectivity index (χ2v) is 22.8. The van der Waals surface area contributed by atoms with Crippen molar-refractivity contribution in [3.8, 4) is 0 Å². The summed E-state index contributed by atoms with van der Waals surface area (Å²) in [7, 11) is 0. The van der Waals surface area contributed by atoms with Crippen LogP contribution < -0.4 is 9.80 Å².